The first-order valence-electron chi connectivity index (χ1n) is 8.00. The molecule has 0 bridgehead atoms. The molecule has 0 aliphatic rings. The van der Waals surface area contributed by atoms with E-state index in [-0.39, 0.29) is 5.78 Å². The SMILES string of the molecule is O=C(Cn1c[n+](Cc2ccccc2)c2ccccc21)c1ccc(Br)s1. The molecule has 0 spiro atoms. The lowest BCUT2D eigenvalue weighted by Crippen LogP contribution is -2.32. The second-order valence-corrected chi connectivity index (χ2v) is 8.34. The van der Waals surface area contributed by atoms with Gasteiger partial charge in [0, 0.05) is 0 Å². The van der Waals surface area contributed by atoms with Gasteiger partial charge in [0.15, 0.2) is 17.6 Å². The number of thiophene rings is 1. The van der Waals surface area contributed by atoms with Crippen LogP contribution in [0.1, 0.15) is 15.2 Å². The van der Waals surface area contributed by atoms with Gasteiger partial charge in [-0.15, -0.1) is 11.3 Å². The lowest BCUT2D eigenvalue weighted by Gasteiger charge is -1.98. The minimum atomic E-state index is 0.128. The van der Waals surface area contributed by atoms with Gasteiger partial charge in [0.05, 0.1) is 8.66 Å². The molecular formula is C20H16BrN2OS+. The fraction of sp³-hybridized carbons (Fsp3) is 0.100. The molecule has 0 amide bonds. The molecule has 0 radical (unpaired) electrons. The molecule has 0 N–H and O–H groups in total. The van der Waals surface area contributed by atoms with E-state index in [1.54, 1.807) is 0 Å². The Labute approximate surface area is 158 Å². The van der Waals surface area contributed by atoms with Crippen LogP contribution in [0.2, 0.25) is 0 Å². The number of benzene rings is 2. The molecule has 0 saturated carbocycles. The van der Waals surface area contributed by atoms with Crippen LogP contribution in [0.5, 0.6) is 0 Å². The van der Waals surface area contributed by atoms with E-state index < -0.39 is 0 Å². The van der Waals surface area contributed by atoms with Crippen LogP contribution in [0.3, 0.4) is 0 Å². The van der Waals surface area contributed by atoms with Gasteiger partial charge in [-0.25, -0.2) is 9.13 Å². The quantitative estimate of drug-likeness (QED) is 0.345. The molecule has 3 nitrogen and oxygen atoms in total. The van der Waals surface area contributed by atoms with Crippen molar-refractivity contribution in [1.82, 2.24) is 4.57 Å². The van der Waals surface area contributed by atoms with Crippen molar-refractivity contribution in [3.8, 4) is 0 Å². The molecule has 2 aromatic carbocycles. The van der Waals surface area contributed by atoms with E-state index in [0.717, 1.165) is 26.2 Å². The van der Waals surface area contributed by atoms with Crippen molar-refractivity contribution in [2.75, 3.05) is 0 Å². The number of halogens is 1. The van der Waals surface area contributed by atoms with Gasteiger partial charge in [-0.05, 0) is 45.8 Å². The van der Waals surface area contributed by atoms with Gasteiger partial charge in [0.25, 0.3) is 0 Å². The first-order chi connectivity index (χ1) is 12.2. The lowest BCUT2D eigenvalue weighted by molar-refractivity contribution is -0.663. The Morgan fingerprint density at radius 1 is 1.00 bits per heavy atom. The van der Waals surface area contributed by atoms with Crippen LogP contribution in [0, 0.1) is 0 Å². The average Bonchev–Trinajstić information content (AvgIpc) is 3.21. The van der Waals surface area contributed by atoms with E-state index in [2.05, 4.69) is 44.8 Å². The number of para-hydroxylation sites is 2. The molecule has 2 heterocycles. The number of carbonyl (C=O) groups is 1. The Morgan fingerprint density at radius 3 is 2.52 bits per heavy atom. The zero-order valence-corrected chi connectivity index (χ0v) is 15.8. The number of ketones is 1. The van der Waals surface area contributed by atoms with Crippen molar-refractivity contribution in [2.24, 2.45) is 0 Å². The highest BCUT2D eigenvalue weighted by Crippen LogP contribution is 2.23. The van der Waals surface area contributed by atoms with E-state index >= 15 is 0 Å². The Balaban J connectivity index is 1.68. The largest absolute Gasteiger partial charge is 0.289 e. The molecule has 4 aromatic rings. The predicted octanol–water partition coefficient (Wildman–Crippen LogP) is 4.68. The normalized spacial score (nSPS) is 11.1. The molecule has 0 fully saturated rings. The Hall–Kier alpha value is -2.24. The van der Waals surface area contributed by atoms with Crippen LogP contribution in [-0.4, -0.2) is 10.4 Å². The molecule has 0 aliphatic heterocycles. The molecule has 124 valence electrons. The van der Waals surface area contributed by atoms with E-state index in [0.29, 0.717) is 6.54 Å². The fourth-order valence-electron chi connectivity index (χ4n) is 2.97. The minimum absolute atomic E-state index is 0.128. The third kappa shape index (κ3) is 3.43. The smallest absolute Gasteiger partial charge is 0.245 e. The molecule has 2 aromatic heterocycles. The maximum atomic E-state index is 12.6. The first kappa shape index (κ1) is 16.2. The molecule has 4 rings (SSSR count). The average molecular weight is 412 g/mol. The van der Waals surface area contributed by atoms with Crippen molar-refractivity contribution >= 4 is 44.1 Å². The van der Waals surface area contributed by atoms with Gasteiger partial charge in [-0.2, -0.15) is 0 Å². The summed E-state index contributed by atoms with van der Waals surface area (Å²) >= 11 is 4.90. The number of nitrogens with zero attached hydrogens (tertiary/aromatic N) is 2. The number of aromatic nitrogens is 2. The third-order valence-corrected chi connectivity index (χ3v) is 5.80. The van der Waals surface area contributed by atoms with Crippen LogP contribution < -0.4 is 4.57 Å². The van der Waals surface area contributed by atoms with Crippen molar-refractivity contribution in [3.05, 3.63) is 87.3 Å². The summed E-state index contributed by atoms with van der Waals surface area (Å²) < 4.78 is 5.21. The van der Waals surface area contributed by atoms with Gasteiger partial charge in [-0.1, -0.05) is 42.5 Å². The van der Waals surface area contributed by atoms with Crippen molar-refractivity contribution < 1.29 is 9.36 Å². The zero-order valence-electron chi connectivity index (χ0n) is 13.4. The summed E-state index contributed by atoms with van der Waals surface area (Å²) in [5.74, 6) is 0.128. The van der Waals surface area contributed by atoms with E-state index in [4.69, 9.17) is 0 Å². The summed E-state index contributed by atoms with van der Waals surface area (Å²) in [7, 11) is 0. The summed E-state index contributed by atoms with van der Waals surface area (Å²) in [6, 6.07) is 22.4. The summed E-state index contributed by atoms with van der Waals surface area (Å²) in [5, 5.41) is 0. The lowest BCUT2D eigenvalue weighted by atomic mass is 10.2. The van der Waals surface area contributed by atoms with Gasteiger partial charge in [0.1, 0.15) is 6.54 Å². The summed E-state index contributed by atoms with van der Waals surface area (Å²) in [6.07, 6.45) is 2.04. The summed E-state index contributed by atoms with van der Waals surface area (Å²) in [6.45, 7) is 1.13. The fourth-order valence-corrected chi connectivity index (χ4v) is 4.29. The summed E-state index contributed by atoms with van der Waals surface area (Å²) in [4.78, 5) is 13.4. The minimum Gasteiger partial charge on any atom is -0.289 e. The predicted molar refractivity (Wildman–Crippen MR) is 104 cm³/mol. The molecule has 0 saturated heterocycles. The van der Waals surface area contributed by atoms with Crippen LogP contribution in [-0.2, 0) is 13.1 Å². The monoisotopic (exact) mass is 411 g/mol. The Morgan fingerprint density at radius 2 is 1.76 bits per heavy atom. The number of fused-ring (bicyclic) bond motifs is 1. The zero-order chi connectivity index (χ0) is 17.2. The van der Waals surface area contributed by atoms with Gasteiger partial charge in [-0.3, -0.25) is 4.79 Å². The Bertz CT molecular complexity index is 1040. The van der Waals surface area contributed by atoms with Crippen LogP contribution in [0.25, 0.3) is 11.0 Å². The molecule has 0 atom stereocenters. The van der Waals surface area contributed by atoms with E-state index in [9.17, 15) is 4.79 Å². The number of imidazole rings is 1. The third-order valence-electron chi connectivity index (χ3n) is 4.14. The molecular weight excluding hydrogens is 396 g/mol. The number of hydrogen-bond acceptors (Lipinski definition) is 2. The summed E-state index contributed by atoms with van der Waals surface area (Å²) in [5.41, 5.74) is 3.44. The molecule has 0 unspecified atom stereocenters. The van der Waals surface area contributed by atoms with Crippen LogP contribution in [0.15, 0.2) is 76.8 Å². The van der Waals surface area contributed by atoms with Gasteiger partial charge < -0.3 is 0 Å². The standard InChI is InChI=1S/C20H16BrN2OS/c21-20-11-10-19(25-20)18(24)13-23-14-22(12-15-6-2-1-3-7-15)16-8-4-5-9-17(16)23/h1-11,14H,12-13H2/q+1. The maximum absolute atomic E-state index is 12.6. The second-order valence-electron chi connectivity index (χ2n) is 5.87. The number of hydrogen-bond donors (Lipinski definition) is 0. The van der Waals surface area contributed by atoms with E-state index in [1.807, 2.05) is 53.4 Å². The topological polar surface area (TPSA) is 25.9 Å². The van der Waals surface area contributed by atoms with Gasteiger partial charge in [0.2, 0.25) is 12.1 Å². The van der Waals surface area contributed by atoms with Crippen molar-refractivity contribution in [3.63, 3.8) is 0 Å². The van der Waals surface area contributed by atoms with E-state index in [1.165, 1.54) is 16.9 Å². The molecule has 0 aliphatic carbocycles. The number of Topliss-reactive ketones (excluding diaryl/α,β-unsaturated/α-hetero) is 1. The molecule has 5 heteroatoms. The number of carbonyl (C=O) groups excluding carboxylic acids is 1. The highest BCUT2D eigenvalue weighted by atomic mass is 79.9. The van der Waals surface area contributed by atoms with Crippen LogP contribution in [0.4, 0.5) is 0 Å². The first-order valence-corrected chi connectivity index (χ1v) is 9.61. The molecule has 25 heavy (non-hydrogen) atoms. The van der Waals surface area contributed by atoms with Crippen LogP contribution >= 0.6 is 27.3 Å². The van der Waals surface area contributed by atoms with Crippen molar-refractivity contribution in [2.45, 2.75) is 13.1 Å². The highest BCUT2D eigenvalue weighted by molar-refractivity contribution is 9.11. The highest BCUT2D eigenvalue weighted by Gasteiger charge is 2.19. The Kier molecular flexibility index (Phi) is 4.51. The second kappa shape index (κ2) is 6.94. The van der Waals surface area contributed by atoms with Gasteiger partial charge >= 0.3 is 0 Å². The maximum Gasteiger partial charge on any atom is 0.245 e. The number of rotatable bonds is 5. The van der Waals surface area contributed by atoms with Crippen molar-refractivity contribution in [1.29, 1.82) is 0 Å².